The number of ether oxygens (including phenoxy) is 1. The van der Waals surface area contributed by atoms with E-state index in [1.165, 1.54) is 13.2 Å². The summed E-state index contributed by atoms with van der Waals surface area (Å²) >= 11 is 6.05. The summed E-state index contributed by atoms with van der Waals surface area (Å²) in [4.78, 5) is 0. The molecule has 0 spiro atoms. The third-order valence-corrected chi connectivity index (χ3v) is 3.05. The fourth-order valence-electron chi connectivity index (χ4n) is 1.66. The van der Waals surface area contributed by atoms with Crippen molar-refractivity contribution in [3.63, 3.8) is 0 Å². The predicted molar refractivity (Wildman–Crippen MR) is 72.4 cm³/mol. The second kappa shape index (κ2) is 6.17. The Morgan fingerprint density at radius 2 is 1.95 bits per heavy atom. The molecule has 0 unspecified atom stereocenters. The second-order valence-electron chi connectivity index (χ2n) is 4.08. The van der Waals surface area contributed by atoms with Gasteiger partial charge in [0.25, 0.3) is 0 Å². The predicted octanol–water partition coefficient (Wildman–Crippen LogP) is 3.77. The lowest BCUT2D eigenvalue weighted by molar-refractivity contribution is -0.141. The zero-order chi connectivity index (χ0) is 15.5. The summed E-state index contributed by atoms with van der Waals surface area (Å²) in [7, 11) is 1.51. The van der Waals surface area contributed by atoms with Gasteiger partial charge in [0.15, 0.2) is 5.69 Å². The van der Waals surface area contributed by atoms with Crippen LogP contribution in [-0.4, -0.2) is 17.3 Å². The van der Waals surface area contributed by atoms with Crippen LogP contribution in [0.2, 0.25) is 5.02 Å². The fourth-order valence-corrected chi connectivity index (χ4v) is 1.89. The standard InChI is InChI=1S/C13H11ClF3N3O/c1-21-10-4-2-3-9(14)8(10)7-18-12-6-5-11(19-20-12)13(15,16)17/h2-6H,7H2,1H3,(H,18,20). The minimum absolute atomic E-state index is 0.213. The molecule has 0 fully saturated rings. The quantitative estimate of drug-likeness (QED) is 0.932. The molecule has 2 aromatic rings. The van der Waals surface area contributed by atoms with Crippen LogP contribution in [0, 0.1) is 0 Å². The van der Waals surface area contributed by atoms with Gasteiger partial charge in [-0.25, -0.2) is 0 Å². The number of hydrogen-bond donors (Lipinski definition) is 1. The lowest BCUT2D eigenvalue weighted by atomic mass is 10.2. The molecule has 0 aliphatic carbocycles. The van der Waals surface area contributed by atoms with Gasteiger partial charge in [-0.2, -0.15) is 13.2 Å². The minimum atomic E-state index is -4.50. The molecule has 0 bridgehead atoms. The van der Waals surface area contributed by atoms with Gasteiger partial charge in [-0.15, -0.1) is 10.2 Å². The molecule has 0 aliphatic rings. The summed E-state index contributed by atoms with van der Waals surface area (Å²) in [5.41, 5.74) is -0.355. The highest BCUT2D eigenvalue weighted by molar-refractivity contribution is 6.31. The molecule has 0 saturated carbocycles. The maximum absolute atomic E-state index is 12.4. The summed E-state index contributed by atoms with van der Waals surface area (Å²) in [6.07, 6.45) is -4.50. The lowest BCUT2D eigenvalue weighted by Crippen LogP contribution is -2.10. The van der Waals surface area contributed by atoms with E-state index in [-0.39, 0.29) is 12.4 Å². The average molecular weight is 318 g/mol. The van der Waals surface area contributed by atoms with Crippen LogP contribution in [0.5, 0.6) is 5.75 Å². The maximum Gasteiger partial charge on any atom is 0.435 e. The van der Waals surface area contributed by atoms with Gasteiger partial charge in [-0.05, 0) is 24.3 Å². The summed E-state index contributed by atoms with van der Waals surface area (Å²) in [5, 5.41) is 9.94. The van der Waals surface area contributed by atoms with Crippen molar-refractivity contribution in [2.75, 3.05) is 12.4 Å². The maximum atomic E-state index is 12.4. The van der Waals surface area contributed by atoms with Crippen LogP contribution in [0.25, 0.3) is 0 Å². The molecule has 0 radical (unpaired) electrons. The Bertz CT molecular complexity index is 617. The summed E-state index contributed by atoms with van der Waals surface area (Å²) in [5.74, 6) is 0.792. The number of benzene rings is 1. The van der Waals surface area contributed by atoms with Gasteiger partial charge in [0, 0.05) is 17.1 Å². The Kier molecular flexibility index (Phi) is 4.52. The number of aromatic nitrogens is 2. The fraction of sp³-hybridized carbons (Fsp3) is 0.231. The van der Waals surface area contributed by atoms with E-state index in [4.69, 9.17) is 16.3 Å². The smallest absolute Gasteiger partial charge is 0.435 e. The van der Waals surface area contributed by atoms with Crippen LogP contribution in [-0.2, 0) is 12.7 Å². The number of anilines is 1. The van der Waals surface area contributed by atoms with Crippen molar-refractivity contribution in [1.82, 2.24) is 10.2 Å². The zero-order valence-electron chi connectivity index (χ0n) is 10.9. The van der Waals surface area contributed by atoms with Crippen molar-refractivity contribution < 1.29 is 17.9 Å². The normalized spacial score (nSPS) is 11.3. The van der Waals surface area contributed by atoms with Gasteiger partial charge >= 0.3 is 6.18 Å². The molecule has 112 valence electrons. The summed E-state index contributed by atoms with van der Waals surface area (Å²) in [6.45, 7) is 0.253. The van der Waals surface area contributed by atoms with Gasteiger partial charge in [0.05, 0.1) is 7.11 Å². The molecule has 21 heavy (non-hydrogen) atoms. The number of halogens is 4. The SMILES string of the molecule is COc1cccc(Cl)c1CNc1ccc(C(F)(F)F)nn1. The number of alkyl halides is 3. The van der Waals surface area contributed by atoms with E-state index in [9.17, 15) is 13.2 Å². The Morgan fingerprint density at radius 3 is 2.52 bits per heavy atom. The van der Waals surface area contributed by atoms with Gasteiger partial charge in [0.1, 0.15) is 11.6 Å². The van der Waals surface area contributed by atoms with E-state index in [0.29, 0.717) is 16.3 Å². The molecular weight excluding hydrogens is 307 g/mol. The van der Waals surface area contributed by atoms with Gasteiger partial charge in [-0.3, -0.25) is 0 Å². The Labute approximate surface area is 123 Å². The van der Waals surface area contributed by atoms with E-state index in [2.05, 4.69) is 15.5 Å². The molecule has 1 N–H and O–H groups in total. The average Bonchev–Trinajstić information content (AvgIpc) is 2.45. The zero-order valence-corrected chi connectivity index (χ0v) is 11.7. The van der Waals surface area contributed by atoms with E-state index >= 15 is 0 Å². The Balaban J connectivity index is 2.10. The molecular formula is C13H11ClF3N3O. The first-order valence-corrected chi connectivity index (χ1v) is 6.26. The molecule has 0 amide bonds. The molecule has 1 aromatic carbocycles. The van der Waals surface area contributed by atoms with Gasteiger partial charge < -0.3 is 10.1 Å². The highest BCUT2D eigenvalue weighted by Gasteiger charge is 2.32. The molecule has 4 nitrogen and oxygen atoms in total. The molecule has 0 atom stereocenters. The second-order valence-corrected chi connectivity index (χ2v) is 4.48. The molecule has 1 aromatic heterocycles. The third kappa shape index (κ3) is 3.75. The van der Waals surface area contributed by atoms with Crippen molar-refractivity contribution in [2.24, 2.45) is 0 Å². The monoisotopic (exact) mass is 317 g/mol. The van der Waals surface area contributed by atoms with Crippen LogP contribution in [0.15, 0.2) is 30.3 Å². The summed E-state index contributed by atoms with van der Waals surface area (Å²) in [6, 6.07) is 7.24. The van der Waals surface area contributed by atoms with Crippen molar-refractivity contribution in [1.29, 1.82) is 0 Å². The van der Waals surface area contributed by atoms with Crippen LogP contribution in [0.1, 0.15) is 11.3 Å². The van der Waals surface area contributed by atoms with Crippen LogP contribution >= 0.6 is 11.6 Å². The molecule has 1 heterocycles. The minimum Gasteiger partial charge on any atom is -0.496 e. The Morgan fingerprint density at radius 1 is 1.19 bits per heavy atom. The van der Waals surface area contributed by atoms with Crippen molar-refractivity contribution in [3.8, 4) is 5.75 Å². The number of nitrogens with zero attached hydrogens (tertiary/aromatic N) is 2. The molecule has 0 aliphatic heterocycles. The number of rotatable bonds is 4. The highest BCUT2D eigenvalue weighted by atomic mass is 35.5. The Hall–Kier alpha value is -2.02. The lowest BCUT2D eigenvalue weighted by Gasteiger charge is -2.12. The van der Waals surface area contributed by atoms with Crippen molar-refractivity contribution >= 4 is 17.4 Å². The number of hydrogen-bond acceptors (Lipinski definition) is 4. The first kappa shape index (κ1) is 15.4. The topological polar surface area (TPSA) is 47.0 Å². The molecule has 0 saturated heterocycles. The molecule has 8 heteroatoms. The number of nitrogens with one attached hydrogen (secondary N) is 1. The van der Waals surface area contributed by atoms with Crippen LogP contribution in [0.3, 0.4) is 0 Å². The van der Waals surface area contributed by atoms with Crippen LogP contribution in [0.4, 0.5) is 19.0 Å². The van der Waals surface area contributed by atoms with Crippen molar-refractivity contribution in [2.45, 2.75) is 12.7 Å². The van der Waals surface area contributed by atoms with Gasteiger partial charge in [0.2, 0.25) is 0 Å². The van der Waals surface area contributed by atoms with E-state index < -0.39 is 11.9 Å². The largest absolute Gasteiger partial charge is 0.496 e. The third-order valence-electron chi connectivity index (χ3n) is 2.70. The highest BCUT2D eigenvalue weighted by Crippen LogP contribution is 2.28. The van der Waals surface area contributed by atoms with E-state index in [0.717, 1.165) is 6.07 Å². The van der Waals surface area contributed by atoms with E-state index in [1.54, 1.807) is 18.2 Å². The van der Waals surface area contributed by atoms with Gasteiger partial charge in [-0.1, -0.05) is 17.7 Å². The van der Waals surface area contributed by atoms with Crippen molar-refractivity contribution in [3.05, 3.63) is 46.6 Å². The van der Waals surface area contributed by atoms with Crippen LogP contribution < -0.4 is 10.1 Å². The van der Waals surface area contributed by atoms with E-state index in [1.807, 2.05) is 0 Å². The first-order chi connectivity index (χ1) is 9.91. The summed E-state index contributed by atoms with van der Waals surface area (Å²) < 4.78 is 42.3. The first-order valence-electron chi connectivity index (χ1n) is 5.88. The number of methoxy groups -OCH3 is 1. The molecule has 2 rings (SSSR count).